The van der Waals surface area contributed by atoms with Crippen molar-refractivity contribution in [2.75, 3.05) is 26.2 Å². The van der Waals surface area contributed by atoms with Crippen molar-refractivity contribution in [2.45, 2.75) is 13.0 Å². The first kappa shape index (κ1) is 19.1. The molecule has 1 N–H and O–H groups in total. The number of hydrogen-bond acceptors (Lipinski definition) is 4. The van der Waals surface area contributed by atoms with Crippen molar-refractivity contribution in [1.29, 1.82) is 0 Å². The number of para-hydroxylation sites is 1. The van der Waals surface area contributed by atoms with Crippen LogP contribution in [0.3, 0.4) is 0 Å². The van der Waals surface area contributed by atoms with Crippen molar-refractivity contribution in [3.8, 4) is 11.4 Å². The third-order valence-electron chi connectivity index (χ3n) is 4.94. The lowest BCUT2D eigenvalue weighted by Crippen LogP contribution is -2.48. The van der Waals surface area contributed by atoms with Crippen molar-refractivity contribution >= 4 is 5.91 Å². The van der Waals surface area contributed by atoms with E-state index < -0.39 is 0 Å². The highest BCUT2D eigenvalue weighted by atomic mass is 19.1. The number of ether oxygens (including phenoxy) is 1. The van der Waals surface area contributed by atoms with Crippen LogP contribution in [0.5, 0.6) is 5.75 Å². The summed E-state index contributed by atoms with van der Waals surface area (Å²) in [6.07, 6.45) is 1.73. The van der Waals surface area contributed by atoms with Crippen molar-refractivity contribution in [3.05, 3.63) is 77.9 Å². The zero-order valence-electron chi connectivity index (χ0n) is 16.2. The molecule has 4 rings (SSSR count). The molecular weight excluding hydrogens is 371 g/mol. The predicted molar refractivity (Wildman–Crippen MR) is 108 cm³/mol. The third-order valence-corrected chi connectivity index (χ3v) is 4.94. The average Bonchev–Trinajstić information content (AvgIpc) is 3.18. The Hall–Kier alpha value is -3.19. The van der Waals surface area contributed by atoms with Crippen LogP contribution < -0.4 is 10.1 Å². The van der Waals surface area contributed by atoms with Gasteiger partial charge in [-0.05, 0) is 36.8 Å². The molecular formula is C22H23FN4O2. The van der Waals surface area contributed by atoms with Crippen molar-refractivity contribution in [1.82, 2.24) is 20.0 Å². The summed E-state index contributed by atoms with van der Waals surface area (Å²) in [5.41, 5.74) is 1.86. The molecule has 0 saturated carbocycles. The number of nitrogens with one attached hydrogen (secondary N) is 1. The SMILES string of the molecule is CCOc1cn(-c2ccccc2)nc1C(=O)N1CCNCC1c1cccc(F)c1. The molecule has 0 radical (unpaired) electrons. The second-order valence-electron chi connectivity index (χ2n) is 6.83. The minimum Gasteiger partial charge on any atom is -0.490 e. The minimum absolute atomic E-state index is 0.223. The first-order valence-corrected chi connectivity index (χ1v) is 9.72. The Kier molecular flexibility index (Phi) is 5.57. The summed E-state index contributed by atoms with van der Waals surface area (Å²) >= 11 is 0. The van der Waals surface area contributed by atoms with Crippen LogP contribution in [-0.4, -0.2) is 46.8 Å². The Bertz CT molecular complexity index is 989. The van der Waals surface area contributed by atoms with Gasteiger partial charge in [-0.3, -0.25) is 4.79 Å². The van der Waals surface area contributed by atoms with Gasteiger partial charge in [0.05, 0.1) is 24.5 Å². The van der Waals surface area contributed by atoms with Gasteiger partial charge in [-0.2, -0.15) is 5.10 Å². The largest absolute Gasteiger partial charge is 0.490 e. The standard InChI is InChI=1S/C22H23FN4O2/c1-2-29-20-15-27(18-9-4-3-5-10-18)25-21(20)22(28)26-12-11-24-14-19(26)16-7-6-8-17(23)13-16/h3-10,13,15,19,24H,2,11-12,14H2,1H3. The van der Waals surface area contributed by atoms with Crippen LogP contribution in [0.15, 0.2) is 60.8 Å². The normalized spacial score (nSPS) is 16.6. The summed E-state index contributed by atoms with van der Waals surface area (Å²) in [6, 6.07) is 15.7. The molecule has 2 heterocycles. The van der Waals surface area contributed by atoms with E-state index in [9.17, 15) is 9.18 Å². The topological polar surface area (TPSA) is 59.4 Å². The van der Waals surface area contributed by atoms with Crippen molar-refractivity contribution in [3.63, 3.8) is 0 Å². The fourth-order valence-electron chi connectivity index (χ4n) is 3.58. The van der Waals surface area contributed by atoms with Crippen LogP contribution in [0, 0.1) is 5.82 Å². The molecule has 6 nitrogen and oxygen atoms in total. The van der Waals surface area contributed by atoms with E-state index in [0.717, 1.165) is 11.3 Å². The van der Waals surface area contributed by atoms with Gasteiger partial charge in [-0.1, -0.05) is 30.3 Å². The lowest BCUT2D eigenvalue weighted by Gasteiger charge is -2.36. The van der Waals surface area contributed by atoms with Crippen LogP contribution in [0.2, 0.25) is 0 Å². The van der Waals surface area contributed by atoms with E-state index in [1.165, 1.54) is 12.1 Å². The first-order chi connectivity index (χ1) is 14.2. The summed E-state index contributed by atoms with van der Waals surface area (Å²) in [5.74, 6) is -0.0967. The molecule has 2 aromatic carbocycles. The third kappa shape index (κ3) is 4.00. The maximum Gasteiger partial charge on any atom is 0.278 e. The number of aromatic nitrogens is 2. The first-order valence-electron chi connectivity index (χ1n) is 9.72. The Morgan fingerprint density at radius 3 is 2.83 bits per heavy atom. The molecule has 1 unspecified atom stereocenters. The number of rotatable bonds is 5. The molecule has 1 saturated heterocycles. The molecule has 1 aromatic heterocycles. The number of carbonyl (C=O) groups is 1. The molecule has 1 amide bonds. The molecule has 29 heavy (non-hydrogen) atoms. The summed E-state index contributed by atoms with van der Waals surface area (Å²) in [6.45, 7) is 4.02. The highest BCUT2D eigenvalue weighted by molar-refractivity contribution is 5.95. The molecule has 1 fully saturated rings. The molecule has 0 bridgehead atoms. The zero-order valence-corrected chi connectivity index (χ0v) is 16.2. The molecule has 7 heteroatoms. The number of amides is 1. The molecule has 1 atom stereocenters. The lowest BCUT2D eigenvalue weighted by atomic mass is 10.0. The number of halogens is 1. The van der Waals surface area contributed by atoms with Gasteiger partial charge in [0.25, 0.3) is 5.91 Å². The number of benzene rings is 2. The molecule has 0 aliphatic carbocycles. The summed E-state index contributed by atoms with van der Waals surface area (Å²) in [5, 5.41) is 7.81. The zero-order chi connectivity index (χ0) is 20.2. The Labute approximate surface area is 168 Å². The van der Waals surface area contributed by atoms with E-state index in [1.807, 2.05) is 43.3 Å². The van der Waals surface area contributed by atoms with Gasteiger partial charge < -0.3 is 15.0 Å². The van der Waals surface area contributed by atoms with Gasteiger partial charge in [-0.15, -0.1) is 0 Å². The average molecular weight is 394 g/mol. The van der Waals surface area contributed by atoms with E-state index in [4.69, 9.17) is 4.74 Å². The number of piperazine rings is 1. The van der Waals surface area contributed by atoms with Crippen LogP contribution in [-0.2, 0) is 0 Å². The molecule has 3 aromatic rings. The summed E-state index contributed by atoms with van der Waals surface area (Å²) in [4.78, 5) is 15.2. The number of carbonyl (C=O) groups excluding carboxylic acids is 1. The van der Waals surface area contributed by atoms with Gasteiger partial charge in [-0.25, -0.2) is 9.07 Å². The smallest absolute Gasteiger partial charge is 0.278 e. The second-order valence-corrected chi connectivity index (χ2v) is 6.83. The quantitative estimate of drug-likeness (QED) is 0.722. The molecule has 0 spiro atoms. The highest BCUT2D eigenvalue weighted by Gasteiger charge is 2.32. The van der Waals surface area contributed by atoms with Gasteiger partial charge in [0.15, 0.2) is 11.4 Å². The number of nitrogens with zero attached hydrogens (tertiary/aromatic N) is 3. The van der Waals surface area contributed by atoms with Crippen LogP contribution in [0.4, 0.5) is 4.39 Å². The summed E-state index contributed by atoms with van der Waals surface area (Å²) < 4.78 is 21.1. The lowest BCUT2D eigenvalue weighted by molar-refractivity contribution is 0.0623. The fraction of sp³-hybridized carbons (Fsp3) is 0.273. The van der Waals surface area contributed by atoms with Crippen LogP contribution in [0.25, 0.3) is 5.69 Å². The summed E-state index contributed by atoms with van der Waals surface area (Å²) in [7, 11) is 0. The van der Waals surface area contributed by atoms with E-state index in [-0.39, 0.29) is 23.5 Å². The van der Waals surface area contributed by atoms with Crippen molar-refractivity contribution in [2.24, 2.45) is 0 Å². The van der Waals surface area contributed by atoms with Gasteiger partial charge in [0.1, 0.15) is 5.82 Å². The van der Waals surface area contributed by atoms with Gasteiger partial charge in [0, 0.05) is 19.6 Å². The van der Waals surface area contributed by atoms with Gasteiger partial charge >= 0.3 is 0 Å². The highest BCUT2D eigenvalue weighted by Crippen LogP contribution is 2.28. The van der Waals surface area contributed by atoms with Crippen LogP contribution >= 0.6 is 0 Å². The second kappa shape index (κ2) is 8.45. The Morgan fingerprint density at radius 2 is 2.07 bits per heavy atom. The molecule has 1 aliphatic rings. The maximum absolute atomic E-state index is 13.8. The van der Waals surface area contributed by atoms with E-state index in [1.54, 1.807) is 21.8 Å². The fourth-order valence-corrected chi connectivity index (χ4v) is 3.58. The number of hydrogen-bond donors (Lipinski definition) is 1. The van der Waals surface area contributed by atoms with Gasteiger partial charge in [0.2, 0.25) is 0 Å². The minimum atomic E-state index is -0.316. The molecule has 1 aliphatic heterocycles. The maximum atomic E-state index is 13.8. The van der Waals surface area contributed by atoms with E-state index in [0.29, 0.717) is 32.0 Å². The predicted octanol–water partition coefficient (Wildman–Crippen LogP) is 3.20. The Balaban J connectivity index is 1.69. The molecule has 150 valence electrons. The van der Waals surface area contributed by atoms with E-state index in [2.05, 4.69) is 10.4 Å². The monoisotopic (exact) mass is 394 g/mol. The van der Waals surface area contributed by atoms with Crippen LogP contribution in [0.1, 0.15) is 29.0 Å². The van der Waals surface area contributed by atoms with E-state index >= 15 is 0 Å². The van der Waals surface area contributed by atoms with Crippen molar-refractivity contribution < 1.29 is 13.9 Å². The Morgan fingerprint density at radius 1 is 1.24 bits per heavy atom.